The van der Waals surface area contributed by atoms with Gasteiger partial charge in [-0.1, -0.05) is 89.0 Å². The Kier molecular flexibility index (Phi) is 11.8. The molecule has 1 aromatic carbocycles. The lowest BCUT2D eigenvalue weighted by molar-refractivity contribution is -0.119. The van der Waals surface area contributed by atoms with Crippen molar-refractivity contribution in [2.24, 2.45) is 5.92 Å². The molecule has 164 valence electrons. The van der Waals surface area contributed by atoms with E-state index in [0.29, 0.717) is 12.2 Å². The van der Waals surface area contributed by atoms with Gasteiger partial charge in [0.1, 0.15) is 5.75 Å². The van der Waals surface area contributed by atoms with Crippen LogP contribution in [0.25, 0.3) is 0 Å². The van der Waals surface area contributed by atoms with Crippen molar-refractivity contribution < 1.29 is 14.3 Å². The average Bonchev–Trinajstić information content (AvgIpc) is 3.28. The van der Waals surface area contributed by atoms with E-state index in [9.17, 15) is 9.59 Å². The molecule has 0 saturated heterocycles. The van der Waals surface area contributed by atoms with E-state index in [4.69, 9.17) is 4.74 Å². The Bertz CT molecular complexity index is 724. The molecular formula is C26H35BrO3. The number of allylic oxidation sites excluding steroid dienone is 4. The summed E-state index contributed by atoms with van der Waals surface area (Å²) in [5, 5.41) is 0. The van der Waals surface area contributed by atoms with E-state index >= 15 is 0 Å². The SMILES string of the molecule is CCCCCCCCCCCCOc1ccc(C(=O)CC(=O)C2C=CC=C2)cc1Br. The molecular weight excluding hydrogens is 440 g/mol. The van der Waals surface area contributed by atoms with E-state index in [2.05, 4.69) is 22.9 Å². The number of hydrogen-bond donors (Lipinski definition) is 0. The van der Waals surface area contributed by atoms with Crippen LogP contribution >= 0.6 is 15.9 Å². The summed E-state index contributed by atoms with van der Waals surface area (Å²) in [6.45, 7) is 2.94. The van der Waals surface area contributed by atoms with Gasteiger partial charge >= 0.3 is 0 Å². The first kappa shape index (κ1) is 24.6. The molecule has 0 N–H and O–H groups in total. The highest BCUT2D eigenvalue weighted by Gasteiger charge is 2.19. The third-order valence-corrected chi connectivity index (χ3v) is 6.08. The van der Waals surface area contributed by atoms with E-state index in [1.807, 2.05) is 30.4 Å². The Morgan fingerprint density at radius 1 is 0.900 bits per heavy atom. The average molecular weight is 475 g/mol. The van der Waals surface area contributed by atoms with Crippen LogP contribution in [0, 0.1) is 5.92 Å². The van der Waals surface area contributed by atoms with Crippen molar-refractivity contribution in [2.75, 3.05) is 6.61 Å². The predicted molar refractivity (Wildman–Crippen MR) is 127 cm³/mol. The number of benzene rings is 1. The van der Waals surface area contributed by atoms with Gasteiger partial charge in [0.25, 0.3) is 0 Å². The molecule has 0 unspecified atom stereocenters. The first-order valence-corrected chi connectivity index (χ1v) is 12.2. The monoisotopic (exact) mass is 474 g/mol. The summed E-state index contributed by atoms with van der Waals surface area (Å²) in [6.07, 6.45) is 20.2. The lowest BCUT2D eigenvalue weighted by Crippen LogP contribution is -2.14. The van der Waals surface area contributed by atoms with Crippen molar-refractivity contribution in [3.8, 4) is 5.75 Å². The molecule has 0 radical (unpaired) electrons. The number of Topliss-reactive ketones (excluding diaryl/α,β-unsaturated/α-hetero) is 2. The maximum Gasteiger partial charge on any atom is 0.170 e. The number of hydrogen-bond acceptors (Lipinski definition) is 3. The zero-order chi connectivity index (χ0) is 21.6. The minimum absolute atomic E-state index is 0.0672. The molecule has 1 aliphatic rings. The van der Waals surface area contributed by atoms with E-state index in [-0.39, 0.29) is 23.9 Å². The Labute approximate surface area is 190 Å². The molecule has 0 aliphatic heterocycles. The van der Waals surface area contributed by atoms with E-state index in [0.717, 1.165) is 16.6 Å². The van der Waals surface area contributed by atoms with Gasteiger partial charge in [0.05, 0.1) is 23.4 Å². The molecule has 0 amide bonds. The molecule has 0 spiro atoms. The zero-order valence-electron chi connectivity index (χ0n) is 18.2. The van der Waals surface area contributed by atoms with Gasteiger partial charge in [0.2, 0.25) is 0 Å². The Hall–Kier alpha value is -1.68. The summed E-state index contributed by atoms with van der Waals surface area (Å²) in [7, 11) is 0. The summed E-state index contributed by atoms with van der Waals surface area (Å²) < 4.78 is 6.62. The smallest absolute Gasteiger partial charge is 0.170 e. The molecule has 4 heteroatoms. The summed E-state index contributed by atoms with van der Waals surface area (Å²) in [6, 6.07) is 5.31. The molecule has 1 aromatic rings. The molecule has 0 bridgehead atoms. The fourth-order valence-electron chi connectivity index (χ4n) is 3.59. The molecule has 0 heterocycles. The number of halogens is 1. The van der Waals surface area contributed by atoms with Crippen molar-refractivity contribution in [1.82, 2.24) is 0 Å². The van der Waals surface area contributed by atoms with Gasteiger partial charge in [0, 0.05) is 5.56 Å². The summed E-state index contributed by atoms with van der Waals surface area (Å²) in [4.78, 5) is 24.6. The second-order valence-electron chi connectivity index (χ2n) is 8.04. The summed E-state index contributed by atoms with van der Waals surface area (Å²) in [5.74, 6) is 0.259. The van der Waals surface area contributed by atoms with Crippen LogP contribution in [0.15, 0.2) is 47.0 Å². The highest BCUT2D eigenvalue weighted by molar-refractivity contribution is 9.10. The number of ketones is 2. The van der Waals surface area contributed by atoms with Crippen LogP contribution < -0.4 is 4.74 Å². The zero-order valence-corrected chi connectivity index (χ0v) is 19.8. The largest absolute Gasteiger partial charge is 0.492 e. The Morgan fingerprint density at radius 3 is 2.10 bits per heavy atom. The van der Waals surface area contributed by atoms with E-state index in [1.54, 1.807) is 12.1 Å². The predicted octanol–water partition coefficient (Wildman–Crippen LogP) is 7.63. The highest BCUT2D eigenvalue weighted by atomic mass is 79.9. The molecule has 30 heavy (non-hydrogen) atoms. The quantitative estimate of drug-likeness (QED) is 0.140. The second kappa shape index (κ2) is 14.3. The number of unbranched alkanes of at least 4 members (excludes halogenated alkanes) is 9. The van der Waals surface area contributed by atoms with Gasteiger partial charge in [-0.15, -0.1) is 0 Å². The first-order chi connectivity index (χ1) is 14.6. The third kappa shape index (κ3) is 8.99. The Morgan fingerprint density at radius 2 is 1.50 bits per heavy atom. The molecule has 0 saturated carbocycles. The van der Waals surface area contributed by atoms with Gasteiger partial charge in [-0.05, 0) is 40.5 Å². The lowest BCUT2D eigenvalue weighted by Gasteiger charge is -2.10. The Balaban J connectivity index is 1.62. The fourth-order valence-corrected chi connectivity index (χ4v) is 4.08. The topological polar surface area (TPSA) is 43.4 Å². The minimum atomic E-state index is -0.263. The highest BCUT2D eigenvalue weighted by Crippen LogP contribution is 2.27. The molecule has 3 nitrogen and oxygen atoms in total. The minimum Gasteiger partial charge on any atom is -0.492 e. The van der Waals surface area contributed by atoms with Crippen LogP contribution in [0.5, 0.6) is 5.75 Å². The molecule has 0 aromatic heterocycles. The van der Waals surface area contributed by atoms with Crippen LogP contribution in [-0.4, -0.2) is 18.2 Å². The van der Waals surface area contributed by atoms with Gasteiger partial charge in [-0.25, -0.2) is 0 Å². The molecule has 2 rings (SSSR count). The van der Waals surface area contributed by atoms with Gasteiger partial charge in [0.15, 0.2) is 11.6 Å². The van der Waals surface area contributed by atoms with Crippen molar-refractivity contribution in [1.29, 1.82) is 0 Å². The van der Waals surface area contributed by atoms with Crippen LogP contribution in [-0.2, 0) is 4.79 Å². The molecule has 1 aliphatic carbocycles. The fraction of sp³-hybridized carbons (Fsp3) is 0.538. The van der Waals surface area contributed by atoms with E-state index < -0.39 is 0 Å². The van der Waals surface area contributed by atoms with Gasteiger partial charge in [-0.2, -0.15) is 0 Å². The maximum absolute atomic E-state index is 12.4. The molecule has 0 fully saturated rings. The standard InChI is InChI=1S/C26H35BrO3/c1-2-3-4-5-6-7-8-9-10-13-18-30-26-17-16-22(19-23(26)27)25(29)20-24(28)21-14-11-12-15-21/h11-12,14-17,19,21H,2-10,13,18,20H2,1H3. The van der Waals surface area contributed by atoms with Gasteiger partial charge in [-0.3, -0.25) is 9.59 Å². The van der Waals surface area contributed by atoms with Crippen molar-refractivity contribution >= 4 is 27.5 Å². The number of rotatable bonds is 16. The van der Waals surface area contributed by atoms with Crippen LogP contribution in [0.4, 0.5) is 0 Å². The van der Waals surface area contributed by atoms with Crippen LogP contribution in [0.3, 0.4) is 0 Å². The van der Waals surface area contributed by atoms with Crippen LogP contribution in [0.2, 0.25) is 0 Å². The van der Waals surface area contributed by atoms with Crippen molar-refractivity contribution in [2.45, 2.75) is 77.6 Å². The second-order valence-corrected chi connectivity index (χ2v) is 8.89. The normalized spacial score (nSPS) is 13.1. The molecule has 0 atom stereocenters. The van der Waals surface area contributed by atoms with Crippen LogP contribution in [0.1, 0.15) is 87.9 Å². The van der Waals surface area contributed by atoms with Crippen molar-refractivity contribution in [3.63, 3.8) is 0 Å². The van der Waals surface area contributed by atoms with E-state index in [1.165, 1.54) is 57.8 Å². The number of carbonyl (C=O) groups excluding carboxylic acids is 2. The number of ether oxygens (including phenoxy) is 1. The van der Waals surface area contributed by atoms with Gasteiger partial charge < -0.3 is 4.74 Å². The number of carbonyl (C=O) groups is 2. The lowest BCUT2D eigenvalue weighted by atomic mass is 9.98. The first-order valence-electron chi connectivity index (χ1n) is 11.4. The summed E-state index contributed by atoms with van der Waals surface area (Å²) in [5.41, 5.74) is 0.535. The van der Waals surface area contributed by atoms with Crippen molar-refractivity contribution in [3.05, 3.63) is 52.5 Å². The maximum atomic E-state index is 12.4. The third-order valence-electron chi connectivity index (χ3n) is 5.46. The summed E-state index contributed by atoms with van der Waals surface area (Å²) >= 11 is 3.49.